The van der Waals surface area contributed by atoms with E-state index in [2.05, 4.69) is 164 Å². The Labute approximate surface area is 310 Å². The monoisotopic (exact) mass is 686 g/mol. The van der Waals surface area contributed by atoms with Crippen LogP contribution in [0.1, 0.15) is 0 Å². The molecule has 0 atom stereocenters. The fraction of sp³-hybridized carbons (Fsp3) is 0. The molecule has 250 valence electrons. The molecule has 0 aliphatic heterocycles. The molecule has 54 heavy (non-hydrogen) atoms. The SMILES string of the molecule is c1ccc2c(-c3c4ccccc4c(-c4ccc5cc(-c6ccc7oc8c(ccc9c%10ccccc%10oc98)c7c6)ccc5c4)c4ccccc34)cccc2c1. The first-order valence-corrected chi connectivity index (χ1v) is 18.5. The summed E-state index contributed by atoms with van der Waals surface area (Å²) in [6.45, 7) is 0. The highest BCUT2D eigenvalue weighted by Crippen LogP contribution is 2.46. The maximum Gasteiger partial charge on any atom is 0.178 e. The van der Waals surface area contributed by atoms with Crippen LogP contribution in [-0.4, -0.2) is 0 Å². The third-order valence-corrected chi connectivity index (χ3v) is 11.4. The number of hydrogen-bond donors (Lipinski definition) is 0. The van der Waals surface area contributed by atoms with E-state index >= 15 is 0 Å². The van der Waals surface area contributed by atoms with E-state index in [1.54, 1.807) is 0 Å². The molecule has 2 heteroatoms. The van der Waals surface area contributed by atoms with Crippen molar-refractivity contribution in [1.29, 1.82) is 0 Å². The Morgan fingerprint density at radius 1 is 0.259 bits per heavy atom. The van der Waals surface area contributed by atoms with Crippen molar-refractivity contribution in [2.75, 3.05) is 0 Å². The molecule has 0 bridgehead atoms. The van der Waals surface area contributed by atoms with Gasteiger partial charge in [-0.25, -0.2) is 0 Å². The van der Waals surface area contributed by atoms with Gasteiger partial charge < -0.3 is 8.83 Å². The molecule has 12 aromatic rings. The molecule has 0 radical (unpaired) electrons. The van der Waals surface area contributed by atoms with Crippen molar-refractivity contribution in [3.63, 3.8) is 0 Å². The van der Waals surface area contributed by atoms with Gasteiger partial charge in [0.25, 0.3) is 0 Å². The van der Waals surface area contributed by atoms with Crippen LogP contribution in [0.25, 0.3) is 120 Å². The number of fused-ring (bicyclic) bond motifs is 11. The summed E-state index contributed by atoms with van der Waals surface area (Å²) in [6, 6.07) is 65.9. The molecule has 0 spiro atoms. The number of hydrogen-bond acceptors (Lipinski definition) is 2. The highest BCUT2D eigenvalue weighted by atomic mass is 16.4. The number of furan rings is 2. The Morgan fingerprint density at radius 3 is 1.48 bits per heavy atom. The van der Waals surface area contributed by atoms with Crippen molar-refractivity contribution in [3.05, 3.63) is 182 Å². The van der Waals surface area contributed by atoms with Crippen molar-refractivity contribution in [1.82, 2.24) is 0 Å². The minimum atomic E-state index is 0.798. The summed E-state index contributed by atoms with van der Waals surface area (Å²) in [5, 5.41) is 14.3. The van der Waals surface area contributed by atoms with Crippen molar-refractivity contribution in [3.8, 4) is 33.4 Å². The lowest BCUT2D eigenvalue weighted by Gasteiger charge is -2.19. The Bertz CT molecular complexity index is 3440. The standard InChI is InChI=1S/C52H30O2/c1-2-12-37-31(10-1)11-9-18-39(37)50-42-16-5-3-14-40(42)49(41-15-4-6-17-43(41)50)36-23-22-32-28-33(20-21-34(32)29-36)35-24-27-48-46(30-35)45-26-25-44-38-13-7-8-19-47(38)53-51(44)52(45)54-48/h1-30H. The van der Waals surface area contributed by atoms with Crippen LogP contribution in [0.5, 0.6) is 0 Å². The first-order valence-electron chi connectivity index (χ1n) is 18.5. The molecule has 0 N–H and O–H groups in total. The van der Waals surface area contributed by atoms with Gasteiger partial charge >= 0.3 is 0 Å². The van der Waals surface area contributed by atoms with Gasteiger partial charge in [-0.05, 0) is 119 Å². The first-order chi connectivity index (χ1) is 26.8. The molecule has 2 heterocycles. The van der Waals surface area contributed by atoms with E-state index in [9.17, 15) is 0 Å². The summed E-state index contributed by atoms with van der Waals surface area (Å²) in [4.78, 5) is 0. The van der Waals surface area contributed by atoms with Crippen LogP contribution in [0.3, 0.4) is 0 Å². The van der Waals surface area contributed by atoms with Crippen LogP contribution in [0.15, 0.2) is 191 Å². The maximum absolute atomic E-state index is 6.43. The molecule has 0 saturated heterocycles. The summed E-state index contributed by atoms with van der Waals surface area (Å²) in [5.74, 6) is 0. The Kier molecular flexibility index (Phi) is 6.09. The van der Waals surface area contributed by atoms with Gasteiger partial charge in [0.05, 0.1) is 0 Å². The van der Waals surface area contributed by atoms with Crippen LogP contribution in [-0.2, 0) is 0 Å². The lowest BCUT2D eigenvalue weighted by atomic mass is 9.84. The zero-order valence-electron chi connectivity index (χ0n) is 29.1. The van der Waals surface area contributed by atoms with E-state index in [1.807, 2.05) is 18.2 Å². The molecular formula is C52H30O2. The van der Waals surface area contributed by atoms with Crippen LogP contribution in [0.4, 0.5) is 0 Å². The van der Waals surface area contributed by atoms with E-state index in [-0.39, 0.29) is 0 Å². The van der Waals surface area contributed by atoms with Crippen molar-refractivity contribution in [2.24, 2.45) is 0 Å². The van der Waals surface area contributed by atoms with Gasteiger partial charge in [0, 0.05) is 21.5 Å². The van der Waals surface area contributed by atoms with Crippen LogP contribution < -0.4 is 0 Å². The van der Waals surface area contributed by atoms with E-state index in [0.29, 0.717) is 0 Å². The number of para-hydroxylation sites is 1. The van der Waals surface area contributed by atoms with Crippen molar-refractivity contribution in [2.45, 2.75) is 0 Å². The van der Waals surface area contributed by atoms with Gasteiger partial charge in [-0.1, -0.05) is 140 Å². The Balaban J connectivity index is 0.996. The number of benzene rings is 10. The Hall–Kier alpha value is -7.16. The summed E-state index contributed by atoms with van der Waals surface area (Å²) in [5.41, 5.74) is 10.7. The smallest absolute Gasteiger partial charge is 0.178 e. The van der Waals surface area contributed by atoms with Crippen LogP contribution in [0.2, 0.25) is 0 Å². The average Bonchev–Trinajstić information content (AvgIpc) is 3.81. The second-order valence-electron chi connectivity index (χ2n) is 14.4. The lowest BCUT2D eigenvalue weighted by molar-refractivity contribution is 0.633. The van der Waals surface area contributed by atoms with Gasteiger partial charge in [-0.2, -0.15) is 0 Å². The van der Waals surface area contributed by atoms with Gasteiger partial charge in [-0.15, -0.1) is 0 Å². The average molecular weight is 687 g/mol. The summed E-state index contributed by atoms with van der Waals surface area (Å²) >= 11 is 0. The highest BCUT2D eigenvalue weighted by Gasteiger charge is 2.19. The molecule has 12 rings (SSSR count). The van der Waals surface area contributed by atoms with E-state index < -0.39 is 0 Å². The lowest BCUT2D eigenvalue weighted by Crippen LogP contribution is -1.91. The predicted molar refractivity (Wildman–Crippen MR) is 227 cm³/mol. The third-order valence-electron chi connectivity index (χ3n) is 11.4. The second kappa shape index (κ2) is 11.2. The summed E-state index contributed by atoms with van der Waals surface area (Å²) in [7, 11) is 0. The highest BCUT2D eigenvalue weighted by molar-refractivity contribution is 6.24. The molecular weight excluding hydrogens is 657 g/mol. The fourth-order valence-corrected chi connectivity index (χ4v) is 8.95. The first kappa shape index (κ1) is 29.4. The second-order valence-corrected chi connectivity index (χ2v) is 14.4. The normalized spacial score (nSPS) is 12.1. The molecule has 0 aliphatic carbocycles. The largest absolute Gasteiger partial charge is 0.452 e. The molecule has 0 aliphatic rings. The third kappa shape index (κ3) is 4.22. The molecule has 2 aromatic heterocycles. The molecule has 0 fully saturated rings. The topological polar surface area (TPSA) is 26.3 Å². The van der Waals surface area contributed by atoms with Crippen LogP contribution in [0, 0.1) is 0 Å². The van der Waals surface area contributed by atoms with Gasteiger partial charge in [0.2, 0.25) is 0 Å². The van der Waals surface area contributed by atoms with Crippen molar-refractivity contribution >= 4 is 87.0 Å². The van der Waals surface area contributed by atoms with E-state index in [4.69, 9.17) is 8.83 Å². The zero-order chi connectivity index (χ0) is 35.3. The molecule has 0 unspecified atom stereocenters. The predicted octanol–water partition coefficient (Wildman–Crippen LogP) is 15.1. The minimum absolute atomic E-state index is 0.798. The van der Waals surface area contributed by atoms with Gasteiger partial charge in [0.1, 0.15) is 11.2 Å². The molecule has 0 amide bonds. The van der Waals surface area contributed by atoms with Crippen molar-refractivity contribution < 1.29 is 8.83 Å². The quantitative estimate of drug-likeness (QED) is 0.173. The fourth-order valence-electron chi connectivity index (χ4n) is 8.95. The van der Waals surface area contributed by atoms with E-state index in [1.165, 1.54) is 70.9 Å². The van der Waals surface area contributed by atoms with Gasteiger partial charge in [0.15, 0.2) is 11.2 Å². The summed E-state index contributed by atoms with van der Waals surface area (Å²) in [6.07, 6.45) is 0. The molecule has 0 saturated carbocycles. The Morgan fingerprint density at radius 2 is 0.759 bits per heavy atom. The maximum atomic E-state index is 6.43. The zero-order valence-corrected chi connectivity index (χ0v) is 29.1. The van der Waals surface area contributed by atoms with Gasteiger partial charge in [-0.3, -0.25) is 0 Å². The van der Waals surface area contributed by atoms with Crippen LogP contribution >= 0.6 is 0 Å². The molecule has 10 aromatic carbocycles. The number of rotatable bonds is 3. The minimum Gasteiger partial charge on any atom is -0.452 e. The molecule has 2 nitrogen and oxygen atoms in total. The van der Waals surface area contributed by atoms with E-state index in [0.717, 1.165) is 49.4 Å². The summed E-state index contributed by atoms with van der Waals surface area (Å²) < 4.78 is 12.7.